The molecule has 7 nitrogen and oxygen atoms in total. The number of rotatable bonds is 4. The molecule has 1 amide bonds. The maximum atomic E-state index is 13.8. The fraction of sp³-hybridized carbons (Fsp3) is 0.308. The maximum Gasteiger partial charge on any atom is 0.258 e. The number of benzene rings is 2. The van der Waals surface area contributed by atoms with Crippen LogP contribution in [0.4, 0.5) is 0 Å². The second-order valence-electron chi connectivity index (χ2n) is 8.64. The van der Waals surface area contributed by atoms with Crippen molar-refractivity contribution < 1.29 is 9.53 Å². The lowest BCUT2D eigenvalue weighted by molar-refractivity contribution is 0.0730. The van der Waals surface area contributed by atoms with Crippen LogP contribution in [0.5, 0.6) is 5.75 Å². The van der Waals surface area contributed by atoms with Crippen molar-refractivity contribution in [3.8, 4) is 17.0 Å². The predicted molar refractivity (Wildman–Crippen MR) is 127 cm³/mol. The Hall–Kier alpha value is -3.74. The van der Waals surface area contributed by atoms with Crippen molar-refractivity contribution in [1.82, 2.24) is 24.8 Å². The molecule has 0 radical (unpaired) electrons. The summed E-state index contributed by atoms with van der Waals surface area (Å²) in [4.78, 5) is 32.9. The molecule has 1 unspecified atom stereocenters. The second kappa shape index (κ2) is 8.31. The van der Waals surface area contributed by atoms with Gasteiger partial charge in [0.1, 0.15) is 17.4 Å². The van der Waals surface area contributed by atoms with E-state index in [1.54, 1.807) is 13.3 Å². The maximum absolute atomic E-state index is 13.8. The molecule has 0 saturated carbocycles. The number of imidazole rings is 1. The number of methoxy groups -OCH3 is 1. The smallest absolute Gasteiger partial charge is 0.258 e. The van der Waals surface area contributed by atoms with Crippen molar-refractivity contribution in [1.29, 1.82) is 0 Å². The summed E-state index contributed by atoms with van der Waals surface area (Å²) >= 11 is 0. The molecule has 1 atom stereocenters. The largest absolute Gasteiger partial charge is 0.497 e. The Kier molecular flexibility index (Phi) is 5.32. The first kappa shape index (κ1) is 21.1. The number of aromatic nitrogens is 4. The van der Waals surface area contributed by atoms with E-state index >= 15 is 0 Å². The molecule has 2 aromatic heterocycles. The van der Waals surface area contributed by atoms with Crippen molar-refractivity contribution in [2.75, 3.05) is 13.7 Å². The molecule has 1 fully saturated rings. The highest BCUT2D eigenvalue weighted by molar-refractivity contribution is 6.00. The third-order valence-electron chi connectivity index (χ3n) is 6.46. The van der Waals surface area contributed by atoms with Gasteiger partial charge >= 0.3 is 0 Å². The number of aromatic amines is 1. The van der Waals surface area contributed by atoms with E-state index in [0.717, 1.165) is 41.0 Å². The van der Waals surface area contributed by atoms with E-state index in [2.05, 4.69) is 40.9 Å². The summed E-state index contributed by atoms with van der Waals surface area (Å²) in [5.41, 5.74) is 6.26. The zero-order valence-corrected chi connectivity index (χ0v) is 19.3. The zero-order chi connectivity index (χ0) is 23.1. The van der Waals surface area contributed by atoms with Crippen LogP contribution in [0.25, 0.3) is 22.3 Å². The molecule has 0 aliphatic carbocycles. The summed E-state index contributed by atoms with van der Waals surface area (Å²) in [6, 6.07) is 11.8. The van der Waals surface area contributed by atoms with E-state index in [0.29, 0.717) is 23.6 Å². The van der Waals surface area contributed by atoms with Crippen molar-refractivity contribution in [2.45, 2.75) is 39.7 Å². The van der Waals surface area contributed by atoms with E-state index in [4.69, 9.17) is 9.72 Å². The van der Waals surface area contributed by atoms with Gasteiger partial charge in [-0.3, -0.25) is 4.79 Å². The summed E-state index contributed by atoms with van der Waals surface area (Å²) in [5, 5.41) is 0. The quantitative estimate of drug-likeness (QED) is 0.485. The monoisotopic (exact) mass is 441 g/mol. The molecule has 1 saturated heterocycles. The lowest BCUT2D eigenvalue weighted by Gasteiger charge is -2.24. The molecule has 0 spiro atoms. The van der Waals surface area contributed by atoms with Gasteiger partial charge in [-0.25, -0.2) is 15.0 Å². The Morgan fingerprint density at radius 3 is 2.73 bits per heavy atom. The van der Waals surface area contributed by atoms with Gasteiger partial charge in [0.15, 0.2) is 0 Å². The Morgan fingerprint density at radius 2 is 1.94 bits per heavy atom. The molecule has 1 aliphatic rings. The number of ether oxygens (including phenoxy) is 1. The van der Waals surface area contributed by atoms with Gasteiger partial charge in [-0.05, 0) is 62.9 Å². The average molecular weight is 442 g/mol. The molecule has 1 aliphatic heterocycles. The third kappa shape index (κ3) is 3.84. The first-order chi connectivity index (χ1) is 15.9. The molecule has 33 heavy (non-hydrogen) atoms. The highest BCUT2D eigenvalue weighted by Gasteiger charge is 2.34. The standard InChI is InChI=1S/C26H27N5O2/c1-15-7-8-18(12-16(15)2)24-20(14-27-17(3)28-24)26(32)31-11-5-6-23(31)25-29-21-10-9-19(33-4)13-22(21)30-25/h7-10,12-14,23H,5-6,11H2,1-4H3,(H,29,30). The van der Waals surface area contributed by atoms with Crippen LogP contribution in [-0.2, 0) is 0 Å². The van der Waals surface area contributed by atoms with E-state index in [1.807, 2.05) is 36.1 Å². The third-order valence-corrected chi connectivity index (χ3v) is 6.46. The van der Waals surface area contributed by atoms with Crippen molar-refractivity contribution in [3.05, 3.63) is 70.9 Å². The fourth-order valence-corrected chi connectivity index (χ4v) is 4.48. The topological polar surface area (TPSA) is 84.0 Å². The van der Waals surface area contributed by atoms with Gasteiger partial charge < -0.3 is 14.6 Å². The van der Waals surface area contributed by atoms with Crippen LogP contribution in [0.1, 0.15) is 52.0 Å². The minimum absolute atomic E-state index is 0.0660. The molecule has 168 valence electrons. The van der Waals surface area contributed by atoms with Crippen LogP contribution < -0.4 is 4.74 Å². The summed E-state index contributed by atoms with van der Waals surface area (Å²) in [7, 11) is 1.65. The Labute approximate surface area is 192 Å². The normalized spacial score (nSPS) is 15.9. The summed E-state index contributed by atoms with van der Waals surface area (Å²) in [5.74, 6) is 2.14. The van der Waals surface area contributed by atoms with Gasteiger partial charge in [-0.2, -0.15) is 0 Å². The molecule has 5 rings (SSSR count). The van der Waals surface area contributed by atoms with Crippen molar-refractivity contribution >= 4 is 16.9 Å². The second-order valence-corrected chi connectivity index (χ2v) is 8.64. The van der Waals surface area contributed by atoms with E-state index in [-0.39, 0.29) is 11.9 Å². The number of amides is 1. The zero-order valence-electron chi connectivity index (χ0n) is 19.3. The van der Waals surface area contributed by atoms with Crippen LogP contribution >= 0.6 is 0 Å². The Morgan fingerprint density at radius 1 is 1.09 bits per heavy atom. The molecule has 4 aromatic rings. The van der Waals surface area contributed by atoms with E-state index < -0.39 is 0 Å². The number of hydrogen-bond donors (Lipinski definition) is 1. The molecule has 0 bridgehead atoms. The number of H-pyrrole nitrogens is 1. The van der Waals surface area contributed by atoms with Crippen LogP contribution in [0.15, 0.2) is 42.6 Å². The van der Waals surface area contributed by atoms with Crippen molar-refractivity contribution in [3.63, 3.8) is 0 Å². The predicted octanol–water partition coefficient (Wildman–Crippen LogP) is 4.93. The number of carbonyl (C=O) groups excluding carboxylic acids is 1. The molecule has 7 heteroatoms. The number of fused-ring (bicyclic) bond motifs is 1. The number of carbonyl (C=O) groups is 1. The first-order valence-electron chi connectivity index (χ1n) is 11.2. The highest BCUT2D eigenvalue weighted by Crippen LogP contribution is 2.35. The number of hydrogen-bond acceptors (Lipinski definition) is 5. The van der Waals surface area contributed by atoms with Crippen LogP contribution in [0.2, 0.25) is 0 Å². The molecular weight excluding hydrogens is 414 g/mol. The summed E-state index contributed by atoms with van der Waals surface area (Å²) in [6.45, 7) is 6.67. The first-order valence-corrected chi connectivity index (χ1v) is 11.2. The van der Waals surface area contributed by atoms with E-state index in [9.17, 15) is 4.79 Å². The highest BCUT2D eigenvalue weighted by atomic mass is 16.5. The van der Waals surface area contributed by atoms with Gasteiger partial charge in [-0.15, -0.1) is 0 Å². The average Bonchev–Trinajstić information content (AvgIpc) is 3.46. The van der Waals surface area contributed by atoms with Gasteiger partial charge in [0.2, 0.25) is 0 Å². The molecule has 3 heterocycles. The van der Waals surface area contributed by atoms with Crippen LogP contribution in [-0.4, -0.2) is 44.4 Å². The minimum Gasteiger partial charge on any atom is -0.497 e. The fourth-order valence-electron chi connectivity index (χ4n) is 4.48. The molecular formula is C26H27N5O2. The SMILES string of the molecule is COc1ccc2nc(C3CCCN3C(=O)c3cnc(C)nc3-c3ccc(C)c(C)c3)[nH]c2c1. The van der Waals surface area contributed by atoms with Gasteiger partial charge in [0, 0.05) is 24.4 Å². The molecule has 2 aromatic carbocycles. The lowest BCUT2D eigenvalue weighted by atomic mass is 10.0. The Bertz CT molecular complexity index is 1360. The van der Waals surface area contributed by atoms with Gasteiger partial charge in [-0.1, -0.05) is 12.1 Å². The number of nitrogens with one attached hydrogen (secondary N) is 1. The van der Waals surface area contributed by atoms with E-state index in [1.165, 1.54) is 11.1 Å². The summed E-state index contributed by atoms with van der Waals surface area (Å²) in [6.07, 6.45) is 3.44. The molecule has 1 N–H and O–H groups in total. The number of aryl methyl sites for hydroxylation is 3. The van der Waals surface area contributed by atoms with Crippen LogP contribution in [0.3, 0.4) is 0 Å². The summed E-state index contributed by atoms with van der Waals surface area (Å²) < 4.78 is 5.33. The number of likely N-dealkylation sites (tertiary alicyclic amines) is 1. The Balaban J connectivity index is 1.52. The number of nitrogens with zero attached hydrogens (tertiary/aromatic N) is 4. The minimum atomic E-state index is -0.121. The van der Waals surface area contributed by atoms with Crippen LogP contribution in [0, 0.1) is 20.8 Å². The van der Waals surface area contributed by atoms with Gasteiger partial charge in [0.25, 0.3) is 5.91 Å². The van der Waals surface area contributed by atoms with Gasteiger partial charge in [0.05, 0.1) is 35.4 Å². The van der Waals surface area contributed by atoms with Crippen molar-refractivity contribution in [2.24, 2.45) is 0 Å². The lowest BCUT2D eigenvalue weighted by Crippen LogP contribution is -2.32.